The van der Waals surface area contributed by atoms with Crippen LogP contribution in [0.15, 0.2) is 24.3 Å². The molecule has 1 aromatic rings. The zero-order valence-corrected chi connectivity index (χ0v) is 6.07. The lowest BCUT2D eigenvalue weighted by atomic mass is 10.2. The van der Waals surface area contributed by atoms with E-state index in [9.17, 15) is 4.79 Å². The molecule has 0 heterocycles. The minimum absolute atomic E-state index is 0.269. The Balaban J connectivity index is 2.91. The zero-order chi connectivity index (χ0) is 8.27. The molecule has 1 rings (SSSR count). The number of aromatic carboxylic acids is 1. The molecule has 0 spiro atoms. The first-order valence-electron chi connectivity index (χ1n) is 3.11. The highest BCUT2D eigenvalue weighted by atomic mass is 16.5. The van der Waals surface area contributed by atoms with Gasteiger partial charge in [0.2, 0.25) is 0 Å². The van der Waals surface area contributed by atoms with Crippen molar-refractivity contribution in [2.45, 2.75) is 0 Å². The minimum Gasteiger partial charge on any atom is -0.497 e. The second kappa shape index (κ2) is 3.05. The topological polar surface area (TPSA) is 46.5 Å². The number of carbonyl (C=O) groups is 1. The van der Waals surface area contributed by atoms with Gasteiger partial charge in [0.15, 0.2) is 0 Å². The van der Waals surface area contributed by atoms with E-state index in [4.69, 9.17) is 9.84 Å². The Labute approximate surface area is 64.2 Å². The van der Waals surface area contributed by atoms with Gasteiger partial charge in [-0.25, -0.2) is 4.79 Å². The monoisotopic (exact) mass is 153 g/mol. The average Bonchev–Trinajstić information content (AvgIpc) is 2.05. The minimum atomic E-state index is -0.923. The summed E-state index contributed by atoms with van der Waals surface area (Å²) >= 11 is 0. The maximum atomic E-state index is 10.4. The van der Waals surface area contributed by atoms with Crippen molar-refractivity contribution in [3.63, 3.8) is 0 Å². The van der Waals surface area contributed by atoms with Gasteiger partial charge in [-0.1, -0.05) is 0 Å². The molecule has 1 aromatic carbocycles. The number of rotatable bonds is 2. The molecule has 0 aliphatic heterocycles. The first-order valence-corrected chi connectivity index (χ1v) is 3.11. The van der Waals surface area contributed by atoms with Gasteiger partial charge in [-0.2, -0.15) is 0 Å². The highest BCUT2D eigenvalue weighted by molar-refractivity contribution is 5.87. The van der Waals surface area contributed by atoms with Crippen LogP contribution in [-0.4, -0.2) is 18.2 Å². The van der Waals surface area contributed by atoms with Crippen LogP contribution < -0.4 is 4.74 Å². The van der Waals surface area contributed by atoms with Crippen molar-refractivity contribution in [1.82, 2.24) is 0 Å². The molecule has 58 valence electrons. The summed E-state index contributed by atoms with van der Waals surface area (Å²) in [5.74, 6) is -0.261. The molecule has 0 saturated heterocycles. The van der Waals surface area contributed by atoms with E-state index < -0.39 is 5.97 Å². The van der Waals surface area contributed by atoms with E-state index in [0.717, 1.165) is 0 Å². The van der Waals surface area contributed by atoms with Crippen molar-refractivity contribution in [3.05, 3.63) is 29.8 Å². The molecule has 1 N–H and O–H groups in total. The number of carboxylic acids is 1. The summed E-state index contributed by atoms with van der Waals surface area (Å²) in [6.45, 7) is 0. The summed E-state index contributed by atoms with van der Waals surface area (Å²) in [7, 11) is 1.54. The Kier molecular flexibility index (Phi) is 2.11. The molecule has 0 radical (unpaired) electrons. The van der Waals surface area contributed by atoms with Crippen molar-refractivity contribution in [2.75, 3.05) is 7.11 Å². The maximum Gasteiger partial charge on any atom is 0.335 e. The summed E-state index contributed by atoms with van der Waals surface area (Å²) in [4.78, 5) is 10.4. The van der Waals surface area contributed by atoms with Gasteiger partial charge in [0.1, 0.15) is 5.75 Å². The van der Waals surface area contributed by atoms with E-state index in [1.54, 1.807) is 12.1 Å². The van der Waals surface area contributed by atoms with E-state index in [0.29, 0.717) is 5.75 Å². The van der Waals surface area contributed by atoms with Crippen LogP contribution in [-0.2, 0) is 0 Å². The Morgan fingerprint density at radius 3 is 2.27 bits per heavy atom. The van der Waals surface area contributed by atoms with Gasteiger partial charge < -0.3 is 9.84 Å². The SMILES string of the molecule is [13CH3]Oc1ccc(C(=O)O)cc1. The third-order valence-corrected chi connectivity index (χ3v) is 1.34. The second-order valence-electron chi connectivity index (χ2n) is 2.03. The van der Waals surface area contributed by atoms with E-state index in [2.05, 4.69) is 0 Å². The molecule has 0 aromatic heterocycles. The fraction of sp³-hybridized carbons (Fsp3) is 0.125. The predicted molar refractivity (Wildman–Crippen MR) is 40.0 cm³/mol. The molecule has 3 nitrogen and oxygen atoms in total. The predicted octanol–water partition coefficient (Wildman–Crippen LogP) is 1.39. The number of methoxy groups -OCH3 is 1. The van der Waals surface area contributed by atoms with Gasteiger partial charge in [-0.3, -0.25) is 0 Å². The molecule has 3 heteroatoms. The molecule has 0 saturated carbocycles. The van der Waals surface area contributed by atoms with E-state index in [-0.39, 0.29) is 5.56 Å². The van der Waals surface area contributed by atoms with Crippen molar-refractivity contribution in [2.24, 2.45) is 0 Å². The van der Waals surface area contributed by atoms with Gasteiger partial charge in [0.25, 0.3) is 0 Å². The van der Waals surface area contributed by atoms with Gasteiger partial charge >= 0.3 is 5.97 Å². The molecular formula is C8H8O3. The molecule has 0 amide bonds. The van der Waals surface area contributed by atoms with Gasteiger partial charge in [0.05, 0.1) is 12.7 Å². The van der Waals surface area contributed by atoms with Crippen molar-refractivity contribution in [1.29, 1.82) is 0 Å². The van der Waals surface area contributed by atoms with Gasteiger partial charge in [0, 0.05) is 0 Å². The summed E-state index contributed by atoms with van der Waals surface area (Å²) in [5, 5.41) is 8.51. The van der Waals surface area contributed by atoms with Crippen LogP contribution >= 0.6 is 0 Å². The average molecular weight is 153 g/mol. The highest BCUT2D eigenvalue weighted by Gasteiger charge is 2.00. The lowest BCUT2D eigenvalue weighted by molar-refractivity contribution is 0.0697. The Morgan fingerprint density at radius 2 is 1.91 bits per heavy atom. The molecule has 0 bridgehead atoms. The lowest BCUT2D eigenvalue weighted by Gasteiger charge is -1.98. The fourth-order valence-electron chi connectivity index (χ4n) is 0.734. The van der Waals surface area contributed by atoms with E-state index in [1.165, 1.54) is 19.2 Å². The lowest BCUT2D eigenvalue weighted by Crippen LogP contribution is -1.95. The Morgan fingerprint density at radius 1 is 1.36 bits per heavy atom. The van der Waals surface area contributed by atoms with Gasteiger partial charge in [-0.05, 0) is 24.3 Å². The van der Waals surface area contributed by atoms with Crippen LogP contribution in [0.2, 0.25) is 0 Å². The molecular weight excluding hydrogens is 145 g/mol. The zero-order valence-electron chi connectivity index (χ0n) is 6.07. The number of carboxylic acid groups (broad SMARTS) is 1. The van der Waals surface area contributed by atoms with Crippen LogP contribution in [0.25, 0.3) is 0 Å². The summed E-state index contributed by atoms with van der Waals surface area (Å²) in [5.41, 5.74) is 0.269. The van der Waals surface area contributed by atoms with Crippen molar-refractivity contribution in [3.8, 4) is 5.75 Å². The smallest absolute Gasteiger partial charge is 0.335 e. The molecule has 0 aliphatic rings. The quantitative estimate of drug-likeness (QED) is 0.653. The maximum absolute atomic E-state index is 10.4. The summed E-state index contributed by atoms with van der Waals surface area (Å²) in [6.07, 6.45) is 0. The summed E-state index contributed by atoms with van der Waals surface area (Å²) < 4.78 is 4.86. The Bertz CT molecular complexity index is 251. The molecule has 0 atom stereocenters. The van der Waals surface area contributed by atoms with Gasteiger partial charge in [-0.15, -0.1) is 0 Å². The third kappa shape index (κ3) is 1.70. The second-order valence-corrected chi connectivity index (χ2v) is 2.03. The largest absolute Gasteiger partial charge is 0.497 e. The molecule has 11 heavy (non-hydrogen) atoms. The van der Waals surface area contributed by atoms with Crippen molar-refractivity contribution >= 4 is 5.97 Å². The number of hydrogen-bond donors (Lipinski definition) is 1. The van der Waals surface area contributed by atoms with Crippen LogP contribution in [0.3, 0.4) is 0 Å². The van der Waals surface area contributed by atoms with Crippen LogP contribution in [0.4, 0.5) is 0 Å². The third-order valence-electron chi connectivity index (χ3n) is 1.34. The van der Waals surface area contributed by atoms with Crippen molar-refractivity contribution < 1.29 is 14.6 Å². The molecule has 0 unspecified atom stereocenters. The fourth-order valence-corrected chi connectivity index (χ4v) is 0.734. The van der Waals surface area contributed by atoms with E-state index in [1.807, 2.05) is 0 Å². The molecule has 0 fully saturated rings. The van der Waals surface area contributed by atoms with Crippen LogP contribution in [0.1, 0.15) is 10.4 Å². The van der Waals surface area contributed by atoms with E-state index >= 15 is 0 Å². The molecule has 0 aliphatic carbocycles. The first-order chi connectivity index (χ1) is 5.24. The number of benzene rings is 1. The van der Waals surface area contributed by atoms with Crippen LogP contribution in [0, 0.1) is 0 Å². The Hall–Kier alpha value is -1.51. The number of ether oxygens (including phenoxy) is 1. The normalized spacial score (nSPS) is 9.18. The standard InChI is InChI=1S/C8H8O3/c1-11-7-4-2-6(3-5-7)8(9)10/h2-5H,1H3,(H,9,10)/i1+1. The highest BCUT2D eigenvalue weighted by Crippen LogP contribution is 2.10. The van der Waals surface area contributed by atoms with Crippen LogP contribution in [0.5, 0.6) is 5.75 Å². The number of hydrogen-bond acceptors (Lipinski definition) is 2. The first kappa shape index (κ1) is 7.60. The summed E-state index contributed by atoms with van der Waals surface area (Å²) in [6, 6.07) is 6.23.